The maximum atomic E-state index is 5.14. The lowest BCUT2D eigenvalue weighted by molar-refractivity contribution is 0.118. The number of rotatable bonds is 9. The van der Waals surface area contributed by atoms with Gasteiger partial charge in [0.05, 0.1) is 6.61 Å². The third-order valence-electron chi connectivity index (χ3n) is 2.72. The molecule has 0 aliphatic carbocycles. The van der Waals surface area contributed by atoms with Crippen molar-refractivity contribution in [1.29, 1.82) is 0 Å². The zero-order valence-electron chi connectivity index (χ0n) is 10.6. The van der Waals surface area contributed by atoms with E-state index >= 15 is 0 Å². The van der Waals surface area contributed by atoms with Crippen molar-refractivity contribution < 1.29 is 4.74 Å². The molecule has 0 aromatic rings. The van der Waals surface area contributed by atoms with Gasteiger partial charge in [0.2, 0.25) is 0 Å². The summed E-state index contributed by atoms with van der Waals surface area (Å²) in [5, 5.41) is 1.11. The van der Waals surface area contributed by atoms with Crippen LogP contribution in [0.1, 0.15) is 33.6 Å². The third kappa shape index (κ3) is 7.31. The van der Waals surface area contributed by atoms with Crippen LogP contribution in [0.25, 0.3) is 0 Å². The first kappa shape index (κ1) is 15.4. The van der Waals surface area contributed by atoms with Crippen molar-refractivity contribution in [2.24, 2.45) is 5.92 Å². The van der Waals surface area contributed by atoms with Gasteiger partial charge in [0.1, 0.15) is 0 Å². The van der Waals surface area contributed by atoms with E-state index in [0.717, 1.165) is 24.4 Å². The van der Waals surface area contributed by atoms with Crippen LogP contribution in [0.5, 0.6) is 0 Å². The number of hydrogen-bond acceptors (Lipinski definition) is 2. The molecule has 0 bridgehead atoms. The summed E-state index contributed by atoms with van der Waals surface area (Å²) in [5.41, 5.74) is 0. The van der Waals surface area contributed by atoms with Crippen molar-refractivity contribution in [3.63, 3.8) is 0 Å². The van der Waals surface area contributed by atoms with Gasteiger partial charge in [0.15, 0.2) is 0 Å². The number of methoxy groups -OCH3 is 1. The highest BCUT2D eigenvalue weighted by atomic mass is 79.9. The van der Waals surface area contributed by atoms with Crippen molar-refractivity contribution in [3.8, 4) is 0 Å². The van der Waals surface area contributed by atoms with Gasteiger partial charge >= 0.3 is 0 Å². The fourth-order valence-corrected chi connectivity index (χ4v) is 2.25. The van der Waals surface area contributed by atoms with E-state index in [2.05, 4.69) is 41.6 Å². The SMILES string of the molecule is CCCC(CBr)CN(CCOC)C(C)C. The van der Waals surface area contributed by atoms with E-state index < -0.39 is 0 Å². The van der Waals surface area contributed by atoms with E-state index in [0.29, 0.717) is 6.04 Å². The molecule has 3 heteroatoms. The fourth-order valence-electron chi connectivity index (χ4n) is 1.73. The summed E-state index contributed by atoms with van der Waals surface area (Å²) in [5.74, 6) is 0.772. The quantitative estimate of drug-likeness (QED) is 0.602. The largest absolute Gasteiger partial charge is 0.383 e. The van der Waals surface area contributed by atoms with Gasteiger partial charge in [-0.05, 0) is 26.2 Å². The van der Waals surface area contributed by atoms with Crippen LogP contribution in [-0.2, 0) is 4.74 Å². The predicted octanol–water partition coefficient (Wildman–Crippen LogP) is 3.15. The Morgan fingerprint density at radius 2 is 2.00 bits per heavy atom. The first-order chi connectivity index (χ1) is 7.15. The lowest BCUT2D eigenvalue weighted by Gasteiger charge is -2.29. The van der Waals surface area contributed by atoms with Crippen molar-refractivity contribution >= 4 is 15.9 Å². The molecular weight excluding hydrogens is 254 g/mol. The van der Waals surface area contributed by atoms with Crippen LogP contribution in [0.4, 0.5) is 0 Å². The minimum absolute atomic E-state index is 0.610. The van der Waals surface area contributed by atoms with Crippen LogP contribution in [0.15, 0.2) is 0 Å². The molecule has 92 valence electrons. The van der Waals surface area contributed by atoms with Gasteiger partial charge in [-0.15, -0.1) is 0 Å². The second kappa shape index (κ2) is 9.61. The summed E-state index contributed by atoms with van der Waals surface area (Å²) >= 11 is 3.60. The minimum atomic E-state index is 0.610. The van der Waals surface area contributed by atoms with Gasteiger partial charge in [0, 0.05) is 31.6 Å². The van der Waals surface area contributed by atoms with Crippen LogP contribution >= 0.6 is 15.9 Å². The summed E-state index contributed by atoms with van der Waals surface area (Å²) in [4.78, 5) is 2.51. The first-order valence-electron chi connectivity index (χ1n) is 5.94. The molecule has 0 saturated carbocycles. The zero-order valence-corrected chi connectivity index (χ0v) is 12.2. The number of hydrogen-bond donors (Lipinski definition) is 0. The zero-order chi connectivity index (χ0) is 11.7. The standard InChI is InChI=1S/C12H26BrNO/c1-5-6-12(9-13)10-14(11(2)3)7-8-15-4/h11-12H,5-10H2,1-4H3. The Morgan fingerprint density at radius 3 is 2.40 bits per heavy atom. The molecular formula is C12H26BrNO. The molecule has 0 aliphatic rings. The first-order valence-corrected chi connectivity index (χ1v) is 7.06. The Bertz CT molecular complexity index is 142. The summed E-state index contributed by atoms with van der Waals surface area (Å²) in [6, 6.07) is 0.610. The molecule has 0 aromatic carbocycles. The number of nitrogens with zero attached hydrogens (tertiary/aromatic N) is 1. The predicted molar refractivity (Wildman–Crippen MR) is 70.8 cm³/mol. The van der Waals surface area contributed by atoms with Crippen molar-refractivity contribution in [2.75, 3.05) is 32.1 Å². The molecule has 0 heterocycles. The van der Waals surface area contributed by atoms with Gasteiger partial charge in [-0.2, -0.15) is 0 Å². The van der Waals surface area contributed by atoms with Crippen LogP contribution < -0.4 is 0 Å². The number of alkyl halides is 1. The smallest absolute Gasteiger partial charge is 0.0589 e. The fraction of sp³-hybridized carbons (Fsp3) is 1.00. The van der Waals surface area contributed by atoms with E-state index in [9.17, 15) is 0 Å². The van der Waals surface area contributed by atoms with Gasteiger partial charge in [0.25, 0.3) is 0 Å². The van der Waals surface area contributed by atoms with E-state index in [1.807, 2.05) is 0 Å². The van der Waals surface area contributed by atoms with Crippen molar-refractivity contribution in [2.45, 2.75) is 39.7 Å². The van der Waals surface area contributed by atoms with Crippen LogP contribution in [-0.4, -0.2) is 43.1 Å². The summed E-state index contributed by atoms with van der Waals surface area (Å²) in [6.45, 7) is 9.82. The van der Waals surface area contributed by atoms with Crippen LogP contribution in [0, 0.1) is 5.92 Å². The Kier molecular flexibility index (Phi) is 9.87. The molecule has 0 N–H and O–H groups in total. The van der Waals surface area contributed by atoms with Gasteiger partial charge in [-0.1, -0.05) is 29.3 Å². The molecule has 2 nitrogen and oxygen atoms in total. The summed E-state index contributed by atoms with van der Waals surface area (Å²) in [7, 11) is 1.77. The van der Waals surface area contributed by atoms with Crippen molar-refractivity contribution in [3.05, 3.63) is 0 Å². The normalized spacial score (nSPS) is 13.8. The van der Waals surface area contributed by atoms with E-state index in [4.69, 9.17) is 4.74 Å². The molecule has 0 rings (SSSR count). The highest BCUT2D eigenvalue weighted by Gasteiger charge is 2.14. The minimum Gasteiger partial charge on any atom is -0.383 e. The van der Waals surface area contributed by atoms with Crippen LogP contribution in [0.3, 0.4) is 0 Å². The third-order valence-corrected chi connectivity index (χ3v) is 3.64. The second-order valence-corrected chi connectivity index (χ2v) is 5.04. The molecule has 0 fully saturated rings. The Balaban J connectivity index is 4.00. The van der Waals surface area contributed by atoms with Gasteiger partial charge in [-0.25, -0.2) is 0 Å². The maximum absolute atomic E-state index is 5.14. The average Bonchev–Trinajstić information content (AvgIpc) is 2.22. The monoisotopic (exact) mass is 279 g/mol. The molecule has 1 unspecified atom stereocenters. The molecule has 0 amide bonds. The van der Waals surface area contributed by atoms with E-state index in [-0.39, 0.29) is 0 Å². The molecule has 0 aromatic heterocycles. The lowest BCUT2D eigenvalue weighted by atomic mass is 10.0. The van der Waals surface area contributed by atoms with Crippen LogP contribution in [0.2, 0.25) is 0 Å². The lowest BCUT2D eigenvalue weighted by Crippen LogP contribution is -2.38. The van der Waals surface area contributed by atoms with Gasteiger partial charge in [-0.3, -0.25) is 4.90 Å². The average molecular weight is 280 g/mol. The second-order valence-electron chi connectivity index (χ2n) is 4.39. The molecule has 0 aliphatic heterocycles. The molecule has 0 spiro atoms. The topological polar surface area (TPSA) is 12.5 Å². The summed E-state index contributed by atoms with van der Waals surface area (Å²) in [6.07, 6.45) is 2.58. The van der Waals surface area contributed by atoms with E-state index in [1.54, 1.807) is 7.11 Å². The van der Waals surface area contributed by atoms with Crippen molar-refractivity contribution in [1.82, 2.24) is 4.90 Å². The summed E-state index contributed by atoms with van der Waals surface area (Å²) < 4.78 is 5.14. The van der Waals surface area contributed by atoms with E-state index in [1.165, 1.54) is 19.4 Å². The number of ether oxygens (including phenoxy) is 1. The number of halogens is 1. The Hall–Kier alpha value is 0.400. The highest BCUT2D eigenvalue weighted by Crippen LogP contribution is 2.13. The Morgan fingerprint density at radius 1 is 1.33 bits per heavy atom. The molecule has 0 saturated heterocycles. The molecule has 1 atom stereocenters. The maximum Gasteiger partial charge on any atom is 0.0589 e. The molecule has 15 heavy (non-hydrogen) atoms. The Labute approximate surface area is 103 Å². The molecule has 0 radical (unpaired) electrons. The van der Waals surface area contributed by atoms with Gasteiger partial charge < -0.3 is 4.74 Å². The highest BCUT2D eigenvalue weighted by molar-refractivity contribution is 9.09.